The number of hydrogen-bond acceptors (Lipinski definition) is 5. The quantitative estimate of drug-likeness (QED) is 0.262. The van der Waals surface area contributed by atoms with E-state index in [2.05, 4.69) is 10.6 Å². The number of amides is 2. The number of nitrogens with zero attached hydrogens (tertiary/aromatic N) is 3. The van der Waals surface area contributed by atoms with E-state index in [0.717, 1.165) is 5.56 Å². The minimum atomic E-state index is -1.30. The molecule has 0 bridgehead atoms. The molecule has 39 heavy (non-hydrogen) atoms. The highest BCUT2D eigenvalue weighted by Gasteiger charge is 2.31. The Labute approximate surface area is 222 Å². The maximum atomic E-state index is 14.1. The van der Waals surface area contributed by atoms with Crippen molar-refractivity contribution in [1.82, 2.24) is 19.8 Å². The minimum absolute atomic E-state index is 0.117. The van der Waals surface area contributed by atoms with Crippen molar-refractivity contribution in [3.05, 3.63) is 95.8 Å². The number of nitrogens with two attached hydrogens (primary N) is 1. The van der Waals surface area contributed by atoms with Gasteiger partial charge in [-0.1, -0.05) is 24.3 Å². The second-order valence-electron chi connectivity index (χ2n) is 9.23. The number of carbonyl (C=O) groups is 2. The molecule has 9 nitrogen and oxygen atoms in total. The van der Waals surface area contributed by atoms with Crippen LogP contribution in [0.2, 0.25) is 0 Å². The monoisotopic (exact) mass is 532 g/mol. The van der Waals surface area contributed by atoms with Crippen LogP contribution in [0.1, 0.15) is 11.4 Å². The molecule has 3 aromatic carbocycles. The Bertz CT molecular complexity index is 1500. The lowest BCUT2D eigenvalue weighted by atomic mass is 10.0. The largest absolute Gasteiger partial charge is 0.465 e. The first-order chi connectivity index (χ1) is 18.8. The molecule has 4 aromatic rings. The van der Waals surface area contributed by atoms with Crippen molar-refractivity contribution in [3.63, 3.8) is 0 Å². The number of carbonyl (C=O) groups excluding carboxylic acids is 1. The van der Waals surface area contributed by atoms with Crippen LogP contribution < -0.4 is 16.4 Å². The van der Waals surface area contributed by atoms with Crippen LogP contribution in [-0.2, 0) is 24.3 Å². The number of rotatable bonds is 7. The highest BCUT2D eigenvalue weighted by atomic mass is 19.1. The number of fused-ring (bicyclic) bond motifs is 1. The molecule has 5 rings (SSSR count). The normalized spacial score (nSPS) is 13.4. The minimum Gasteiger partial charge on any atom is -0.465 e. The van der Waals surface area contributed by atoms with E-state index in [1.54, 1.807) is 53.4 Å². The van der Waals surface area contributed by atoms with Gasteiger partial charge >= 0.3 is 6.09 Å². The molecule has 11 heteroatoms. The molecule has 0 saturated carbocycles. The number of halogens is 2. The van der Waals surface area contributed by atoms with E-state index in [9.17, 15) is 23.5 Å². The molecule has 0 saturated heterocycles. The lowest BCUT2D eigenvalue weighted by molar-refractivity contribution is -0.134. The average molecular weight is 533 g/mol. The van der Waals surface area contributed by atoms with Gasteiger partial charge in [-0.05, 0) is 54.1 Å². The van der Waals surface area contributed by atoms with E-state index < -0.39 is 18.0 Å². The van der Waals surface area contributed by atoms with Gasteiger partial charge in [-0.3, -0.25) is 4.79 Å². The SMILES string of the molecule is Nc1ccc(C[C@H](NC(=O)O)C(=O)N2CCn3c(nc(-c4cccc(F)c4)c3Nc3ccc(F)cc3)C2)cc1. The fraction of sp³-hybridized carbons (Fsp3) is 0.179. The average Bonchev–Trinajstić information content (AvgIpc) is 3.27. The van der Waals surface area contributed by atoms with Gasteiger partial charge in [0.2, 0.25) is 5.91 Å². The zero-order valence-electron chi connectivity index (χ0n) is 20.8. The Morgan fingerprint density at radius 2 is 1.74 bits per heavy atom. The van der Waals surface area contributed by atoms with Crippen LogP contribution in [0.15, 0.2) is 72.8 Å². The molecule has 5 N–H and O–H groups in total. The number of nitrogens with one attached hydrogen (secondary N) is 2. The van der Waals surface area contributed by atoms with Crippen LogP contribution in [0.25, 0.3) is 11.3 Å². The number of hydrogen-bond donors (Lipinski definition) is 4. The third-order valence-electron chi connectivity index (χ3n) is 6.50. The van der Waals surface area contributed by atoms with Gasteiger partial charge in [-0.15, -0.1) is 0 Å². The molecule has 1 aromatic heterocycles. The van der Waals surface area contributed by atoms with Gasteiger partial charge in [0.25, 0.3) is 0 Å². The van der Waals surface area contributed by atoms with Crippen LogP contribution in [0, 0.1) is 11.6 Å². The fourth-order valence-electron chi connectivity index (χ4n) is 4.61. The van der Waals surface area contributed by atoms with E-state index in [0.29, 0.717) is 47.4 Å². The van der Waals surface area contributed by atoms with Crippen molar-refractivity contribution in [2.75, 3.05) is 17.6 Å². The Morgan fingerprint density at radius 1 is 1.00 bits per heavy atom. The molecule has 2 amide bonds. The van der Waals surface area contributed by atoms with Crippen molar-refractivity contribution in [2.24, 2.45) is 0 Å². The molecule has 0 unspecified atom stereocenters. The molecule has 2 heterocycles. The van der Waals surface area contributed by atoms with Crippen LogP contribution >= 0.6 is 0 Å². The zero-order valence-corrected chi connectivity index (χ0v) is 20.8. The third kappa shape index (κ3) is 5.82. The number of carboxylic acid groups (broad SMARTS) is 1. The summed E-state index contributed by atoms with van der Waals surface area (Å²) in [6, 6.07) is 17.7. The summed E-state index contributed by atoms with van der Waals surface area (Å²) in [5.74, 6) is -0.0626. The van der Waals surface area contributed by atoms with E-state index >= 15 is 0 Å². The van der Waals surface area contributed by atoms with Crippen LogP contribution in [-0.4, -0.2) is 44.1 Å². The topological polar surface area (TPSA) is 126 Å². The molecule has 1 atom stereocenters. The molecule has 0 radical (unpaired) electrons. The summed E-state index contributed by atoms with van der Waals surface area (Å²) in [7, 11) is 0. The van der Waals surface area contributed by atoms with Gasteiger partial charge in [0, 0.05) is 36.4 Å². The first kappa shape index (κ1) is 25.7. The summed E-state index contributed by atoms with van der Waals surface area (Å²) < 4.78 is 29.5. The van der Waals surface area contributed by atoms with Gasteiger partial charge in [0.1, 0.15) is 35.0 Å². The number of aromatic nitrogens is 2. The fourth-order valence-corrected chi connectivity index (χ4v) is 4.61. The number of benzene rings is 3. The number of anilines is 3. The molecular formula is C28H26F2N6O3. The number of imidazole rings is 1. The molecule has 1 aliphatic rings. The Hall–Kier alpha value is -4.93. The summed E-state index contributed by atoms with van der Waals surface area (Å²) >= 11 is 0. The zero-order chi connectivity index (χ0) is 27.5. The van der Waals surface area contributed by atoms with Crippen molar-refractivity contribution < 1.29 is 23.5 Å². The lowest BCUT2D eigenvalue weighted by Gasteiger charge is -2.31. The predicted octanol–water partition coefficient (Wildman–Crippen LogP) is 4.38. The van der Waals surface area contributed by atoms with Gasteiger partial charge in [-0.25, -0.2) is 18.6 Å². The summed E-state index contributed by atoms with van der Waals surface area (Å²) in [5.41, 5.74) is 8.69. The number of nitrogen functional groups attached to an aromatic ring is 1. The van der Waals surface area contributed by atoms with E-state index in [1.807, 2.05) is 4.57 Å². The maximum Gasteiger partial charge on any atom is 0.405 e. The smallest absolute Gasteiger partial charge is 0.405 e. The summed E-state index contributed by atoms with van der Waals surface area (Å²) in [5, 5.41) is 15.0. The van der Waals surface area contributed by atoms with Gasteiger partial charge in [0.15, 0.2) is 0 Å². The molecule has 0 fully saturated rings. The third-order valence-corrected chi connectivity index (χ3v) is 6.50. The first-order valence-corrected chi connectivity index (χ1v) is 12.3. The molecular weight excluding hydrogens is 506 g/mol. The Morgan fingerprint density at radius 3 is 2.44 bits per heavy atom. The molecule has 0 spiro atoms. The summed E-state index contributed by atoms with van der Waals surface area (Å²) in [6.45, 7) is 0.767. The van der Waals surface area contributed by atoms with E-state index in [-0.39, 0.29) is 24.7 Å². The van der Waals surface area contributed by atoms with Gasteiger partial charge in [-0.2, -0.15) is 0 Å². The molecule has 1 aliphatic heterocycles. The van der Waals surface area contributed by atoms with Crippen LogP contribution in [0.3, 0.4) is 0 Å². The Balaban J connectivity index is 1.44. The Kier molecular flexibility index (Phi) is 7.13. The van der Waals surface area contributed by atoms with Crippen molar-refractivity contribution in [2.45, 2.75) is 25.6 Å². The van der Waals surface area contributed by atoms with Gasteiger partial charge < -0.3 is 30.9 Å². The second-order valence-corrected chi connectivity index (χ2v) is 9.23. The van der Waals surface area contributed by atoms with Crippen LogP contribution in [0.5, 0.6) is 0 Å². The van der Waals surface area contributed by atoms with E-state index in [1.165, 1.54) is 24.3 Å². The van der Waals surface area contributed by atoms with Crippen molar-refractivity contribution in [1.29, 1.82) is 0 Å². The molecule has 0 aliphatic carbocycles. The highest BCUT2D eigenvalue weighted by Crippen LogP contribution is 2.33. The predicted molar refractivity (Wildman–Crippen MR) is 142 cm³/mol. The standard InChI is InChI=1S/C28H26F2N6O3/c29-19-6-10-22(11-7-19)32-26-25(18-2-1-3-20(30)15-18)34-24-16-35(12-13-36(24)26)27(37)23(33-28(38)39)14-17-4-8-21(31)9-5-17/h1-11,15,23,32-33H,12-14,16,31H2,(H,38,39)/t23-/m0/s1. The maximum absolute atomic E-state index is 14.1. The van der Waals surface area contributed by atoms with Crippen LogP contribution in [0.4, 0.5) is 30.8 Å². The molecule has 200 valence electrons. The van der Waals surface area contributed by atoms with Gasteiger partial charge in [0.05, 0.1) is 6.54 Å². The lowest BCUT2D eigenvalue weighted by Crippen LogP contribution is -2.51. The summed E-state index contributed by atoms with van der Waals surface area (Å²) in [6.07, 6.45) is -1.15. The summed E-state index contributed by atoms with van der Waals surface area (Å²) in [4.78, 5) is 31.3. The van der Waals surface area contributed by atoms with E-state index in [4.69, 9.17) is 10.7 Å². The van der Waals surface area contributed by atoms with Crippen molar-refractivity contribution in [3.8, 4) is 11.3 Å². The first-order valence-electron chi connectivity index (χ1n) is 12.3. The second kappa shape index (κ2) is 10.8. The van der Waals surface area contributed by atoms with Crippen molar-refractivity contribution >= 4 is 29.2 Å². The highest BCUT2D eigenvalue weighted by molar-refractivity contribution is 5.86.